The predicted molar refractivity (Wildman–Crippen MR) is 116 cm³/mol. The number of carbonyl (C=O) groups excluding carboxylic acids is 1. The Hall–Kier alpha value is -3.44. The number of nitro groups is 1. The van der Waals surface area contributed by atoms with Gasteiger partial charge in [0.25, 0.3) is 11.6 Å². The molecular weight excluding hydrogens is 439 g/mol. The Labute approximate surface area is 183 Å². The Morgan fingerprint density at radius 3 is 2.38 bits per heavy atom. The van der Waals surface area contributed by atoms with Crippen molar-refractivity contribution >= 4 is 32.5 Å². The van der Waals surface area contributed by atoms with Crippen LogP contribution in [0.5, 0.6) is 0 Å². The van der Waals surface area contributed by atoms with Crippen LogP contribution in [0.1, 0.15) is 10.4 Å². The number of aromatic nitrogens is 1. The molecule has 0 atom stereocenters. The number of rotatable bonds is 4. The van der Waals surface area contributed by atoms with E-state index in [0.717, 1.165) is 18.4 Å². The van der Waals surface area contributed by atoms with Crippen molar-refractivity contribution in [1.29, 1.82) is 0 Å². The van der Waals surface area contributed by atoms with Crippen LogP contribution in [0.4, 0.5) is 10.1 Å². The normalized spacial score (nSPS) is 15.1. The molecule has 0 N–H and O–H groups in total. The number of sulfonamides is 1. The van der Waals surface area contributed by atoms with Crippen LogP contribution in [0.3, 0.4) is 0 Å². The molecule has 4 rings (SSSR count). The Morgan fingerprint density at radius 1 is 1.12 bits per heavy atom. The van der Waals surface area contributed by atoms with Gasteiger partial charge in [-0.25, -0.2) is 17.8 Å². The molecule has 1 aliphatic rings. The number of piperazine rings is 1. The van der Waals surface area contributed by atoms with Gasteiger partial charge in [0.15, 0.2) is 0 Å². The summed E-state index contributed by atoms with van der Waals surface area (Å²) >= 11 is 0. The second-order valence-electron chi connectivity index (χ2n) is 7.45. The molecule has 2 heterocycles. The first-order chi connectivity index (χ1) is 15.2. The van der Waals surface area contributed by atoms with Gasteiger partial charge in [-0.15, -0.1) is 0 Å². The summed E-state index contributed by atoms with van der Waals surface area (Å²) in [5.41, 5.74) is 0.578. The molecular formula is C21H19FN4O5S. The molecule has 1 saturated heterocycles. The van der Waals surface area contributed by atoms with E-state index < -0.39 is 32.4 Å². The van der Waals surface area contributed by atoms with E-state index in [9.17, 15) is 27.7 Å². The van der Waals surface area contributed by atoms with Gasteiger partial charge in [0.1, 0.15) is 11.3 Å². The fraction of sp³-hybridized carbons (Fsp3) is 0.238. The standard InChI is InChI=1S/C21H19FN4O5S/c1-32(30,31)25-9-7-24(8-10-25)21(27)17-13-23-20-16(11-15(22)12-18(20)26(28)29)19(17)14-5-3-2-4-6-14/h2-6,11-13H,7-10H2,1H3. The smallest absolute Gasteiger partial charge is 0.298 e. The zero-order chi connectivity index (χ0) is 23.0. The van der Waals surface area contributed by atoms with Gasteiger partial charge in [-0.3, -0.25) is 14.9 Å². The van der Waals surface area contributed by atoms with Gasteiger partial charge in [-0.2, -0.15) is 4.31 Å². The van der Waals surface area contributed by atoms with E-state index in [1.54, 1.807) is 30.3 Å². The zero-order valence-corrected chi connectivity index (χ0v) is 17.9. The Balaban J connectivity index is 1.85. The highest BCUT2D eigenvalue weighted by Crippen LogP contribution is 2.36. The number of hydrogen-bond donors (Lipinski definition) is 0. The van der Waals surface area contributed by atoms with E-state index in [-0.39, 0.29) is 42.6 Å². The fourth-order valence-corrected chi connectivity index (χ4v) is 4.69. The molecule has 32 heavy (non-hydrogen) atoms. The number of benzene rings is 2. The number of non-ortho nitro benzene ring substituents is 1. The molecule has 0 spiro atoms. The van der Waals surface area contributed by atoms with Gasteiger partial charge in [-0.1, -0.05) is 30.3 Å². The summed E-state index contributed by atoms with van der Waals surface area (Å²) in [6.07, 6.45) is 2.38. The summed E-state index contributed by atoms with van der Waals surface area (Å²) in [5.74, 6) is -1.21. The lowest BCUT2D eigenvalue weighted by atomic mass is 9.95. The average molecular weight is 458 g/mol. The molecule has 1 aromatic heterocycles. The third kappa shape index (κ3) is 4.04. The molecule has 0 saturated carbocycles. The molecule has 0 radical (unpaired) electrons. The van der Waals surface area contributed by atoms with Crippen LogP contribution in [0.15, 0.2) is 48.7 Å². The van der Waals surface area contributed by atoms with Crippen molar-refractivity contribution in [2.24, 2.45) is 0 Å². The monoisotopic (exact) mass is 458 g/mol. The summed E-state index contributed by atoms with van der Waals surface area (Å²) in [7, 11) is -3.36. The third-order valence-corrected chi connectivity index (χ3v) is 6.70. The van der Waals surface area contributed by atoms with Gasteiger partial charge in [0, 0.05) is 43.3 Å². The summed E-state index contributed by atoms with van der Waals surface area (Å²) in [5, 5.41) is 11.6. The van der Waals surface area contributed by atoms with Gasteiger partial charge in [-0.05, 0) is 11.6 Å². The van der Waals surface area contributed by atoms with Crippen molar-refractivity contribution in [2.45, 2.75) is 0 Å². The molecule has 2 aromatic carbocycles. The summed E-state index contributed by atoms with van der Waals surface area (Å²) in [6.45, 7) is 0.682. The summed E-state index contributed by atoms with van der Waals surface area (Å²) in [4.78, 5) is 29.8. The number of fused-ring (bicyclic) bond motifs is 1. The number of hydrogen-bond acceptors (Lipinski definition) is 6. The van der Waals surface area contributed by atoms with Gasteiger partial charge in [0.2, 0.25) is 10.0 Å². The third-order valence-electron chi connectivity index (χ3n) is 5.40. The first-order valence-corrected chi connectivity index (χ1v) is 11.6. The first-order valence-electron chi connectivity index (χ1n) is 9.73. The number of carbonyl (C=O) groups is 1. The molecule has 1 aliphatic heterocycles. The molecule has 0 bridgehead atoms. The van der Waals surface area contributed by atoms with Crippen molar-refractivity contribution in [3.63, 3.8) is 0 Å². The molecule has 0 unspecified atom stereocenters. The lowest BCUT2D eigenvalue weighted by Gasteiger charge is -2.33. The molecule has 3 aromatic rings. The Kier molecular flexibility index (Phi) is 5.61. The van der Waals surface area contributed by atoms with Gasteiger partial charge in [0.05, 0.1) is 22.8 Å². The minimum atomic E-state index is -3.36. The highest BCUT2D eigenvalue weighted by Gasteiger charge is 2.29. The topological polar surface area (TPSA) is 114 Å². The van der Waals surface area contributed by atoms with Crippen molar-refractivity contribution in [2.75, 3.05) is 32.4 Å². The lowest BCUT2D eigenvalue weighted by molar-refractivity contribution is -0.383. The van der Waals surface area contributed by atoms with Gasteiger partial charge >= 0.3 is 0 Å². The quantitative estimate of drug-likeness (QED) is 0.439. The number of amides is 1. The number of nitro benzene ring substituents is 1. The Morgan fingerprint density at radius 2 is 1.78 bits per heavy atom. The maximum absolute atomic E-state index is 14.3. The van der Waals surface area contributed by atoms with Crippen LogP contribution in [0.2, 0.25) is 0 Å². The van der Waals surface area contributed by atoms with Crippen molar-refractivity contribution < 1.29 is 22.5 Å². The van der Waals surface area contributed by atoms with E-state index in [1.807, 2.05) is 0 Å². The zero-order valence-electron chi connectivity index (χ0n) is 17.1. The summed E-state index contributed by atoms with van der Waals surface area (Å²) in [6, 6.07) is 10.7. The second-order valence-corrected chi connectivity index (χ2v) is 9.43. The molecule has 11 heteroatoms. The van der Waals surface area contributed by atoms with E-state index in [1.165, 1.54) is 15.4 Å². The highest BCUT2D eigenvalue weighted by atomic mass is 32.2. The predicted octanol–water partition coefficient (Wildman–Crippen LogP) is 2.67. The largest absolute Gasteiger partial charge is 0.336 e. The minimum Gasteiger partial charge on any atom is -0.336 e. The number of halogens is 1. The number of pyridine rings is 1. The summed E-state index contributed by atoms with van der Waals surface area (Å²) < 4.78 is 39.1. The van der Waals surface area contributed by atoms with Crippen LogP contribution >= 0.6 is 0 Å². The lowest BCUT2D eigenvalue weighted by Crippen LogP contribution is -2.50. The second kappa shape index (κ2) is 8.24. The van der Waals surface area contributed by atoms with Crippen molar-refractivity contribution in [1.82, 2.24) is 14.2 Å². The van der Waals surface area contributed by atoms with Crippen LogP contribution in [-0.4, -0.2) is 65.9 Å². The molecule has 9 nitrogen and oxygen atoms in total. The van der Waals surface area contributed by atoms with Crippen LogP contribution in [0.25, 0.3) is 22.0 Å². The van der Waals surface area contributed by atoms with Crippen LogP contribution in [-0.2, 0) is 10.0 Å². The van der Waals surface area contributed by atoms with Crippen molar-refractivity contribution in [3.8, 4) is 11.1 Å². The number of nitrogens with zero attached hydrogens (tertiary/aromatic N) is 4. The van der Waals surface area contributed by atoms with E-state index >= 15 is 0 Å². The van der Waals surface area contributed by atoms with Crippen molar-refractivity contribution in [3.05, 3.63) is 70.2 Å². The molecule has 166 valence electrons. The van der Waals surface area contributed by atoms with Crippen LogP contribution in [0, 0.1) is 15.9 Å². The highest BCUT2D eigenvalue weighted by molar-refractivity contribution is 7.88. The molecule has 1 amide bonds. The fourth-order valence-electron chi connectivity index (χ4n) is 3.86. The Bertz CT molecular complexity index is 1320. The van der Waals surface area contributed by atoms with E-state index in [4.69, 9.17) is 0 Å². The van der Waals surface area contributed by atoms with Crippen LogP contribution < -0.4 is 0 Å². The maximum Gasteiger partial charge on any atom is 0.298 e. The molecule has 0 aliphatic carbocycles. The molecule has 1 fully saturated rings. The SMILES string of the molecule is CS(=O)(=O)N1CCN(C(=O)c2cnc3c([N+](=O)[O-])cc(F)cc3c2-c2ccccc2)CC1. The van der Waals surface area contributed by atoms with Gasteiger partial charge < -0.3 is 4.90 Å². The van der Waals surface area contributed by atoms with E-state index in [2.05, 4.69) is 4.98 Å². The van der Waals surface area contributed by atoms with E-state index in [0.29, 0.717) is 11.1 Å². The minimum absolute atomic E-state index is 0.0197. The average Bonchev–Trinajstić information content (AvgIpc) is 2.77. The maximum atomic E-state index is 14.3. The first kappa shape index (κ1) is 21.8.